The van der Waals surface area contributed by atoms with E-state index < -0.39 is 0 Å². The largest absolute Gasteiger partial charge is 0.340 e. The zero-order chi connectivity index (χ0) is 11.3. The minimum atomic E-state index is 0.424. The summed E-state index contributed by atoms with van der Waals surface area (Å²) in [6, 6.07) is 2.27. The molecule has 15 heavy (non-hydrogen) atoms. The van der Waals surface area contributed by atoms with Crippen molar-refractivity contribution >= 4 is 17.7 Å². The predicted octanol–water partition coefficient (Wildman–Crippen LogP) is 1.12. The molecule has 1 unspecified atom stereocenters. The number of hydrogen-bond acceptors (Lipinski definition) is 5. The standard InChI is InChI=1S/C10H18N4S/c1-8(7-15-3)14(2)10-12-5-4-9(6-11)13-10/h4-5,8H,6-7,11H2,1-3H3. The molecule has 0 fully saturated rings. The molecule has 1 rings (SSSR count). The van der Waals surface area contributed by atoms with Crippen LogP contribution >= 0.6 is 11.8 Å². The fourth-order valence-corrected chi connectivity index (χ4v) is 1.92. The minimum Gasteiger partial charge on any atom is -0.340 e. The van der Waals surface area contributed by atoms with E-state index in [1.54, 1.807) is 6.20 Å². The topological polar surface area (TPSA) is 55.0 Å². The van der Waals surface area contributed by atoms with E-state index in [2.05, 4.69) is 28.0 Å². The molecule has 2 N–H and O–H groups in total. The van der Waals surface area contributed by atoms with Gasteiger partial charge in [-0.25, -0.2) is 9.97 Å². The second-order valence-corrected chi connectivity index (χ2v) is 4.38. The van der Waals surface area contributed by atoms with Crippen LogP contribution in [0.5, 0.6) is 0 Å². The van der Waals surface area contributed by atoms with Crippen molar-refractivity contribution in [1.82, 2.24) is 9.97 Å². The van der Waals surface area contributed by atoms with Gasteiger partial charge >= 0.3 is 0 Å². The molecule has 0 bridgehead atoms. The fourth-order valence-electron chi connectivity index (χ4n) is 1.22. The smallest absolute Gasteiger partial charge is 0.225 e. The molecule has 1 atom stereocenters. The van der Waals surface area contributed by atoms with E-state index in [9.17, 15) is 0 Å². The average molecular weight is 226 g/mol. The van der Waals surface area contributed by atoms with Crippen LogP contribution in [0.15, 0.2) is 12.3 Å². The summed E-state index contributed by atoms with van der Waals surface area (Å²) < 4.78 is 0. The zero-order valence-corrected chi connectivity index (χ0v) is 10.3. The minimum absolute atomic E-state index is 0.424. The lowest BCUT2D eigenvalue weighted by molar-refractivity contribution is 0.733. The van der Waals surface area contributed by atoms with Gasteiger partial charge in [0.15, 0.2) is 0 Å². The molecule has 0 aromatic carbocycles. The molecule has 0 aliphatic rings. The third-order valence-corrected chi connectivity index (χ3v) is 3.11. The Bertz CT molecular complexity index is 305. The van der Waals surface area contributed by atoms with Gasteiger partial charge in [-0.2, -0.15) is 11.8 Å². The Morgan fingerprint density at radius 1 is 1.60 bits per heavy atom. The van der Waals surface area contributed by atoms with Gasteiger partial charge in [-0.3, -0.25) is 0 Å². The third kappa shape index (κ3) is 3.35. The van der Waals surface area contributed by atoms with Crippen molar-refractivity contribution in [2.45, 2.75) is 19.5 Å². The second kappa shape index (κ2) is 5.92. The van der Waals surface area contributed by atoms with Crippen molar-refractivity contribution < 1.29 is 0 Å². The van der Waals surface area contributed by atoms with Gasteiger partial charge < -0.3 is 10.6 Å². The first-order valence-electron chi connectivity index (χ1n) is 4.92. The molecule has 84 valence electrons. The molecular formula is C10H18N4S. The van der Waals surface area contributed by atoms with Gasteiger partial charge in [0.05, 0.1) is 5.69 Å². The summed E-state index contributed by atoms with van der Waals surface area (Å²) in [4.78, 5) is 10.7. The number of nitrogens with zero attached hydrogens (tertiary/aromatic N) is 3. The molecule has 1 aromatic heterocycles. The number of aromatic nitrogens is 2. The van der Waals surface area contributed by atoms with Crippen LogP contribution in [0.4, 0.5) is 5.95 Å². The molecule has 0 aliphatic carbocycles. The number of thioether (sulfide) groups is 1. The van der Waals surface area contributed by atoms with Crippen LogP contribution in [-0.2, 0) is 6.54 Å². The highest BCUT2D eigenvalue weighted by atomic mass is 32.2. The molecule has 0 spiro atoms. The van der Waals surface area contributed by atoms with Crippen LogP contribution in [0, 0.1) is 0 Å². The van der Waals surface area contributed by atoms with Gasteiger partial charge in [0.25, 0.3) is 0 Å². The summed E-state index contributed by atoms with van der Waals surface area (Å²) in [7, 11) is 2.01. The summed E-state index contributed by atoms with van der Waals surface area (Å²) in [5.74, 6) is 1.81. The number of nitrogens with two attached hydrogens (primary N) is 1. The van der Waals surface area contributed by atoms with E-state index in [0.717, 1.165) is 17.4 Å². The van der Waals surface area contributed by atoms with Crippen LogP contribution in [0.25, 0.3) is 0 Å². The quantitative estimate of drug-likeness (QED) is 0.815. The van der Waals surface area contributed by atoms with E-state index >= 15 is 0 Å². The van der Waals surface area contributed by atoms with E-state index in [4.69, 9.17) is 5.73 Å². The number of anilines is 1. The first-order chi connectivity index (χ1) is 7.19. The van der Waals surface area contributed by atoms with Crippen LogP contribution in [-0.4, -0.2) is 35.1 Å². The maximum Gasteiger partial charge on any atom is 0.225 e. The molecule has 0 saturated carbocycles. The zero-order valence-electron chi connectivity index (χ0n) is 9.47. The van der Waals surface area contributed by atoms with Crippen molar-refractivity contribution in [2.24, 2.45) is 5.73 Å². The lowest BCUT2D eigenvalue weighted by Crippen LogP contribution is -2.32. The van der Waals surface area contributed by atoms with E-state index in [1.807, 2.05) is 24.9 Å². The van der Waals surface area contributed by atoms with E-state index in [0.29, 0.717) is 12.6 Å². The van der Waals surface area contributed by atoms with Gasteiger partial charge in [-0.05, 0) is 19.2 Å². The Morgan fingerprint density at radius 3 is 2.93 bits per heavy atom. The van der Waals surface area contributed by atoms with Gasteiger partial charge in [0, 0.05) is 31.6 Å². The van der Waals surface area contributed by atoms with Crippen LogP contribution in [0.1, 0.15) is 12.6 Å². The molecule has 0 aliphatic heterocycles. The molecule has 0 saturated heterocycles. The molecular weight excluding hydrogens is 208 g/mol. The van der Waals surface area contributed by atoms with Crippen molar-refractivity contribution in [3.05, 3.63) is 18.0 Å². The monoisotopic (exact) mass is 226 g/mol. The highest BCUT2D eigenvalue weighted by molar-refractivity contribution is 7.98. The van der Waals surface area contributed by atoms with Crippen LogP contribution in [0.3, 0.4) is 0 Å². The Morgan fingerprint density at radius 2 is 2.33 bits per heavy atom. The predicted molar refractivity (Wildman–Crippen MR) is 66.2 cm³/mol. The highest BCUT2D eigenvalue weighted by Gasteiger charge is 2.11. The van der Waals surface area contributed by atoms with E-state index in [1.165, 1.54) is 0 Å². The third-order valence-electron chi connectivity index (χ3n) is 2.29. The molecule has 5 heteroatoms. The Labute approximate surface area is 95.3 Å². The second-order valence-electron chi connectivity index (χ2n) is 3.47. The lowest BCUT2D eigenvalue weighted by atomic mass is 10.3. The highest BCUT2D eigenvalue weighted by Crippen LogP contribution is 2.11. The Kier molecular flexibility index (Phi) is 4.84. The van der Waals surface area contributed by atoms with Crippen molar-refractivity contribution in [2.75, 3.05) is 24.0 Å². The van der Waals surface area contributed by atoms with Gasteiger partial charge in [-0.1, -0.05) is 0 Å². The normalized spacial score (nSPS) is 12.5. The van der Waals surface area contributed by atoms with E-state index in [-0.39, 0.29) is 0 Å². The van der Waals surface area contributed by atoms with Crippen LogP contribution in [0.2, 0.25) is 0 Å². The summed E-state index contributed by atoms with van der Waals surface area (Å²) in [5, 5.41) is 0. The van der Waals surface area contributed by atoms with Crippen molar-refractivity contribution in [3.8, 4) is 0 Å². The Balaban J connectivity index is 2.76. The number of rotatable bonds is 5. The van der Waals surface area contributed by atoms with Crippen molar-refractivity contribution in [1.29, 1.82) is 0 Å². The van der Waals surface area contributed by atoms with Gasteiger partial charge in [0.2, 0.25) is 5.95 Å². The first-order valence-corrected chi connectivity index (χ1v) is 6.32. The molecule has 0 radical (unpaired) electrons. The SMILES string of the molecule is CSCC(C)N(C)c1nccc(CN)n1. The Hall–Kier alpha value is -0.810. The number of hydrogen-bond donors (Lipinski definition) is 1. The molecule has 1 heterocycles. The molecule has 0 amide bonds. The van der Waals surface area contributed by atoms with Crippen LogP contribution < -0.4 is 10.6 Å². The fraction of sp³-hybridized carbons (Fsp3) is 0.600. The van der Waals surface area contributed by atoms with Gasteiger partial charge in [0.1, 0.15) is 0 Å². The molecule has 4 nitrogen and oxygen atoms in total. The maximum absolute atomic E-state index is 5.54. The van der Waals surface area contributed by atoms with Gasteiger partial charge in [-0.15, -0.1) is 0 Å². The summed E-state index contributed by atoms with van der Waals surface area (Å²) >= 11 is 1.82. The molecule has 1 aromatic rings. The average Bonchev–Trinajstić information content (AvgIpc) is 2.28. The summed E-state index contributed by atoms with van der Waals surface area (Å²) in [6.07, 6.45) is 3.86. The first kappa shape index (κ1) is 12.3. The summed E-state index contributed by atoms with van der Waals surface area (Å²) in [6.45, 7) is 2.62. The lowest BCUT2D eigenvalue weighted by Gasteiger charge is -2.24. The summed E-state index contributed by atoms with van der Waals surface area (Å²) in [5.41, 5.74) is 6.42. The maximum atomic E-state index is 5.54. The van der Waals surface area contributed by atoms with Crippen molar-refractivity contribution in [3.63, 3.8) is 0 Å².